The van der Waals surface area contributed by atoms with Gasteiger partial charge in [0.2, 0.25) is 5.91 Å². The first-order chi connectivity index (χ1) is 10.2. The molecule has 1 aromatic heterocycles. The maximum Gasteiger partial charge on any atom is 0.241 e. The number of hydrogen-bond donors (Lipinski definition) is 2. The summed E-state index contributed by atoms with van der Waals surface area (Å²) in [5, 5.41) is 6.19. The highest BCUT2D eigenvalue weighted by Crippen LogP contribution is 2.21. The first kappa shape index (κ1) is 13.8. The molecule has 0 bridgehead atoms. The van der Waals surface area contributed by atoms with Crippen LogP contribution in [0.4, 0.5) is 5.69 Å². The van der Waals surface area contributed by atoms with Gasteiger partial charge < -0.3 is 15.1 Å². The molecule has 2 N–H and O–H groups in total. The van der Waals surface area contributed by atoms with Crippen molar-refractivity contribution in [1.82, 2.24) is 10.3 Å². The van der Waals surface area contributed by atoms with E-state index in [4.69, 9.17) is 4.42 Å². The van der Waals surface area contributed by atoms with Crippen molar-refractivity contribution >= 4 is 11.6 Å². The van der Waals surface area contributed by atoms with Crippen LogP contribution in [0.2, 0.25) is 0 Å². The van der Waals surface area contributed by atoms with Gasteiger partial charge in [-0.3, -0.25) is 4.79 Å². The minimum absolute atomic E-state index is 0.0414. The summed E-state index contributed by atoms with van der Waals surface area (Å²) < 4.78 is 5.20. The molecule has 1 amide bonds. The number of piperidine rings is 1. The third kappa shape index (κ3) is 3.31. The SMILES string of the molecule is Cc1nc(-c2ccc(NC(=O)C3CCCCN3)cc2)co1. The van der Waals surface area contributed by atoms with E-state index in [9.17, 15) is 4.79 Å². The van der Waals surface area contributed by atoms with Crippen LogP contribution < -0.4 is 10.6 Å². The third-order valence-electron chi connectivity index (χ3n) is 3.69. The molecule has 2 aromatic rings. The van der Waals surface area contributed by atoms with Crippen molar-refractivity contribution in [2.24, 2.45) is 0 Å². The zero-order valence-electron chi connectivity index (χ0n) is 12.1. The predicted molar refractivity (Wildman–Crippen MR) is 80.9 cm³/mol. The number of nitrogens with zero attached hydrogens (tertiary/aromatic N) is 1. The number of rotatable bonds is 3. The fourth-order valence-corrected chi connectivity index (χ4v) is 2.53. The molecule has 1 atom stereocenters. The van der Waals surface area contributed by atoms with E-state index >= 15 is 0 Å². The predicted octanol–water partition coefficient (Wildman–Crippen LogP) is 2.73. The van der Waals surface area contributed by atoms with Gasteiger partial charge in [0.05, 0.1) is 6.04 Å². The van der Waals surface area contributed by atoms with E-state index in [-0.39, 0.29) is 11.9 Å². The van der Waals surface area contributed by atoms with E-state index in [0.717, 1.165) is 42.8 Å². The van der Waals surface area contributed by atoms with E-state index in [1.165, 1.54) is 0 Å². The Labute approximate surface area is 123 Å². The fraction of sp³-hybridized carbons (Fsp3) is 0.375. The number of oxazole rings is 1. The molecule has 0 saturated carbocycles. The van der Waals surface area contributed by atoms with Gasteiger partial charge in [0.1, 0.15) is 12.0 Å². The Balaban J connectivity index is 1.65. The summed E-state index contributed by atoms with van der Waals surface area (Å²) in [6.45, 7) is 2.73. The zero-order chi connectivity index (χ0) is 14.7. The minimum Gasteiger partial charge on any atom is -0.449 e. The van der Waals surface area contributed by atoms with Crippen LogP contribution in [-0.2, 0) is 4.79 Å². The Morgan fingerprint density at radius 2 is 2.14 bits per heavy atom. The van der Waals surface area contributed by atoms with Crippen molar-refractivity contribution in [3.05, 3.63) is 36.4 Å². The van der Waals surface area contributed by atoms with Crippen LogP contribution in [0.15, 0.2) is 34.9 Å². The van der Waals surface area contributed by atoms with Gasteiger partial charge in [-0.25, -0.2) is 4.98 Å². The number of benzene rings is 1. The van der Waals surface area contributed by atoms with Gasteiger partial charge in [-0.15, -0.1) is 0 Å². The number of amides is 1. The summed E-state index contributed by atoms with van der Waals surface area (Å²) >= 11 is 0. The third-order valence-corrected chi connectivity index (χ3v) is 3.69. The number of hydrogen-bond acceptors (Lipinski definition) is 4. The molecular weight excluding hydrogens is 266 g/mol. The number of carbonyl (C=O) groups excluding carboxylic acids is 1. The molecule has 1 aliphatic heterocycles. The summed E-state index contributed by atoms with van der Waals surface area (Å²) in [4.78, 5) is 16.4. The van der Waals surface area contributed by atoms with Gasteiger partial charge in [0.25, 0.3) is 0 Å². The quantitative estimate of drug-likeness (QED) is 0.910. The monoisotopic (exact) mass is 285 g/mol. The Bertz CT molecular complexity index is 613. The van der Waals surface area contributed by atoms with Crippen molar-refractivity contribution in [1.29, 1.82) is 0 Å². The second kappa shape index (κ2) is 6.10. The van der Waals surface area contributed by atoms with Crippen LogP contribution in [0, 0.1) is 6.92 Å². The molecular formula is C16H19N3O2. The van der Waals surface area contributed by atoms with Crippen LogP contribution >= 0.6 is 0 Å². The molecule has 1 aliphatic rings. The van der Waals surface area contributed by atoms with Gasteiger partial charge in [0.15, 0.2) is 5.89 Å². The molecule has 0 aliphatic carbocycles. The summed E-state index contributed by atoms with van der Waals surface area (Å²) in [5.41, 5.74) is 2.58. The lowest BCUT2D eigenvalue weighted by atomic mass is 10.0. The highest BCUT2D eigenvalue weighted by Gasteiger charge is 2.20. The number of aryl methyl sites for hydroxylation is 1. The Morgan fingerprint density at radius 1 is 1.33 bits per heavy atom. The molecule has 5 nitrogen and oxygen atoms in total. The molecule has 1 aromatic carbocycles. The van der Waals surface area contributed by atoms with Crippen molar-refractivity contribution in [3.63, 3.8) is 0 Å². The van der Waals surface area contributed by atoms with Gasteiger partial charge in [-0.1, -0.05) is 18.6 Å². The summed E-state index contributed by atoms with van der Waals surface area (Å²) in [7, 11) is 0. The molecule has 2 heterocycles. The molecule has 21 heavy (non-hydrogen) atoms. The largest absolute Gasteiger partial charge is 0.449 e. The molecule has 0 spiro atoms. The highest BCUT2D eigenvalue weighted by atomic mass is 16.3. The van der Waals surface area contributed by atoms with Gasteiger partial charge >= 0.3 is 0 Å². The number of aromatic nitrogens is 1. The van der Waals surface area contributed by atoms with Crippen LogP contribution in [-0.4, -0.2) is 23.5 Å². The molecule has 1 fully saturated rings. The summed E-state index contributed by atoms with van der Waals surface area (Å²) in [6.07, 6.45) is 4.79. The molecule has 1 unspecified atom stereocenters. The normalized spacial score (nSPS) is 18.4. The lowest BCUT2D eigenvalue weighted by Gasteiger charge is -2.22. The Morgan fingerprint density at radius 3 is 2.76 bits per heavy atom. The molecule has 110 valence electrons. The molecule has 5 heteroatoms. The van der Waals surface area contributed by atoms with Crippen molar-refractivity contribution in [2.75, 3.05) is 11.9 Å². The fourth-order valence-electron chi connectivity index (χ4n) is 2.53. The van der Waals surface area contributed by atoms with Crippen LogP contribution in [0.3, 0.4) is 0 Å². The Kier molecular flexibility index (Phi) is 4.01. The van der Waals surface area contributed by atoms with Gasteiger partial charge in [-0.2, -0.15) is 0 Å². The number of anilines is 1. The van der Waals surface area contributed by atoms with E-state index in [0.29, 0.717) is 5.89 Å². The van der Waals surface area contributed by atoms with E-state index in [2.05, 4.69) is 15.6 Å². The number of carbonyl (C=O) groups is 1. The second-order valence-corrected chi connectivity index (χ2v) is 5.32. The standard InChI is InChI=1S/C16H19N3O2/c1-11-18-15(10-21-11)12-5-7-13(8-6-12)19-16(20)14-4-2-3-9-17-14/h5-8,10,14,17H,2-4,9H2,1H3,(H,19,20). The maximum absolute atomic E-state index is 12.1. The van der Waals surface area contributed by atoms with Gasteiger partial charge in [0, 0.05) is 18.2 Å². The smallest absolute Gasteiger partial charge is 0.241 e. The highest BCUT2D eigenvalue weighted by molar-refractivity contribution is 5.95. The second-order valence-electron chi connectivity index (χ2n) is 5.32. The van der Waals surface area contributed by atoms with E-state index in [1.807, 2.05) is 31.2 Å². The number of nitrogens with one attached hydrogen (secondary N) is 2. The summed E-state index contributed by atoms with van der Waals surface area (Å²) in [5.74, 6) is 0.686. The van der Waals surface area contributed by atoms with Crippen LogP contribution in [0.25, 0.3) is 11.3 Å². The average Bonchev–Trinajstić information content (AvgIpc) is 2.95. The maximum atomic E-state index is 12.1. The van der Waals surface area contributed by atoms with Crippen molar-refractivity contribution in [2.45, 2.75) is 32.2 Å². The topological polar surface area (TPSA) is 67.2 Å². The summed E-state index contributed by atoms with van der Waals surface area (Å²) in [6, 6.07) is 7.57. The van der Waals surface area contributed by atoms with Crippen molar-refractivity contribution in [3.8, 4) is 11.3 Å². The first-order valence-electron chi connectivity index (χ1n) is 7.29. The first-order valence-corrected chi connectivity index (χ1v) is 7.29. The minimum atomic E-state index is -0.0726. The zero-order valence-corrected chi connectivity index (χ0v) is 12.1. The van der Waals surface area contributed by atoms with Crippen molar-refractivity contribution < 1.29 is 9.21 Å². The van der Waals surface area contributed by atoms with Crippen LogP contribution in [0.5, 0.6) is 0 Å². The molecule has 3 rings (SSSR count). The molecule has 0 radical (unpaired) electrons. The van der Waals surface area contributed by atoms with Gasteiger partial charge in [-0.05, 0) is 31.5 Å². The van der Waals surface area contributed by atoms with E-state index in [1.54, 1.807) is 6.26 Å². The molecule has 1 saturated heterocycles. The Hall–Kier alpha value is -2.14. The lowest BCUT2D eigenvalue weighted by molar-refractivity contribution is -0.118. The lowest BCUT2D eigenvalue weighted by Crippen LogP contribution is -2.43. The average molecular weight is 285 g/mol. The van der Waals surface area contributed by atoms with Crippen LogP contribution in [0.1, 0.15) is 25.2 Å². The van der Waals surface area contributed by atoms with E-state index < -0.39 is 0 Å².